The van der Waals surface area contributed by atoms with Crippen LogP contribution in [0.3, 0.4) is 0 Å². The van der Waals surface area contributed by atoms with E-state index in [-0.39, 0.29) is 12.0 Å². The second-order valence-corrected chi connectivity index (χ2v) is 2.87. The summed E-state index contributed by atoms with van der Waals surface area (Å²) in [4.78, 5) is 14.3. The Morgan fingerprint density at radius 3 is 3.25 bits per heavy atom. The minimum Gasteiger partial charge on any atom is -0.364 e. The number of hydrogen-bond acceptors (Lipinski definition) is 3. The third kappa shape index (κ3) is 0.964. The van der Waals surface area contributed by atoms with Gasteiger partial charge in [0.1, 0.15) is 0 Å². The molecule has 0 radical (unpaired) electrons. The van der Waals surface area contributed by atoms with Crippen molar-refractivity contribution in [2.24, 2.45) is 0 Å². The molecule has 0 amide bonds. The first-order valence-corrected chi connectivity index (χ1v) is 3.71. The Hall–Kier alpha value is -1.13. The maximum Gasteiger partial charge on any atom is 0.190 e. The molecule has 0 spiro atoms. The van der Waals surface area contributed by atoms with Crippen LogP contribution < -0.4 is 5.43 Å². The van der Waals surface area contributed by atoms with Gasteiger partial charge in [0.15, 0.2) is 11.7 Å². The van der Waals surface area contributed by atoms with E-state index < -0.39 is 6.29 Å². The first-order chi connectivity index (χ1) is 5.68. The van der Waals surface area contributed by atoms with Crippen molar-refractivity contribution in [3.8, 4) is 0 Å². The van der Waals surface area contributed by atoms with Crippen LogP contribution in [0.5, 0.6) is 0 Å². The first-order valence-electron chi connectivity index (χ1n) is 3.71. The van der Waals surface area contributed by atoms with Crippen molar-refractivity contribution in [1.82, 2.24) is 4.98 Å². The second-order valence-electron chi connectivity index (χ2n) is 2.87. The monoisotopic (exact) mass is 167 g/mol. The predicted molar refractivity (Wildman–Crippen MR) is 41.5 cm³/mol. The fraction of sp³-hybridized carbons (Fsp3) is 0.375. The van der Waals surface area contributed by atoms with Gasteiger partial charge in [0.25, 0.3) is 0 Å². The van der Waals surface area contributed by atoms with Crippen molar-refractivity contribution in [1.29, 1.82) is 0 Å². The number of rotatable bonds is 0. The highest BCUT2D eigenvalue weighted by molar-refractivity contribution is 5.25. The van der Waals surface area contributed by atoms with E-state index in [1.54, 1.807) is 6.92 Å². The zero-order chi connectivity index (χ0) is 8.72. The van der Waals surface area contributed by atoms with E-state index in [9.17, 15) is 9.90 Å². The van der Waals surface area contributed by atoms with Crippen LogP contribution in [0.25, 0.3) is 0 Å². The summed E-state index contributed by atoms with van der Waals surface area (Å²) < 4.78 is 4.88. The van der Waals surface area contributed by atoms with E-state index in [4.69, 9.17) is 4.74 Å². The zero-order valence-corrected chi connectivity index (χ0v) is 6.63. The van der Waals surface area contributed by atoms with Crippen LogP contribution in [0, 0.1) is 6.92 Å². The van der Waals surface area contributed by atoms with Gasteiger partial charge in [-0.3, -0.25) is 4.79 Å². The number of H-pyrrole nitrogens is 1. The molecule has 0 aromatic carbocycles. The van der Waals surface area contributed by atoms with Crippen molar-refractivity contribution < 1.29 is 9.84 Å². The van der Waals surface area contributed by atoms with Crippen LogP contribution in [0.4, 0.5) is 0 Å². The summed E-state index contributed by atoms with van der Waals surface area (Å²) in [6, 6.07) is 1.46. The standard InChI is InChI=1S/C8H9NO3/c1-4-2-6(10)7-5(9-4)3-12-8(7)11/h2,8,11H,3H2,1H3,(H,9,10). The third-order valence-electron chi connectivity index (χ3n) is 1.92. The average Bonchev–Trinajstić information content (AvgIpc) is 2.31. The van der Waals surface area contributed by atoms with Crippen LogP contribution in [0.1, 0.15) is 23.2 Å². The highest BCUT2D eigenvalue weighted by Gasteiger charge is 2.24. The lowest BCUT2D eigenvalue weighted by molar-refractivity contribution is -0.0925. The highest BCUT2D eigenvalue weighted by Crippen LogP contribution is 2.23. The smallest absolute Gasteiger partial charge is 0.190 e. The summed E-state index contributed by atoms with van der Waals surface area (Å²) in [5.41, 5.74) is 1.66. The normalized spacial score (nSPS) is 21.0. The van der Waals surface area contributed by atoms with Crippen LogP contribution in [0.2, 0.25) is 0 Å². The first kappa shape index (κ1) is 7.52. The fourth-order valence-corrected chi connectivity index (χ4v) is 1.39. The quantitative estimate of drug-likeness (QED) is 0.580. The number of fused-ring (bicyclic) bond motifs is 1. The number of aryl methyl sites for hydroxylation is 1. The summed E-state index contributed by atoms with van der Waals surface area (Å²) >= 11 is 0. The van der Waals surface area contributed by atoms with Gasteiger partial charge in [-0.15, -0.1) is 0 Å². The van der Waals surface area contributed by atoms with E-state index in [1.807, 2.05) is 0 Å². The number of aliphatic hydroxyl groups excluding tert-OH is 1. The summed E-state index contributed by atoms with van der Waals surface area (Å²) in [7, 11) is 0. The molecule has 64 valence electrons. The van der Waals surface area contributed by atoms with Gasteiger partial charge < -0.3 is 14.8 Å². The molecule has 1 aromatic heterocycles. The minimum absolute atomic E-state index is 0.161. The Labute approximate surface area is 68.8 Å². The Morgan fingerprint density at radius 1 is 1.75 bits per heavy atom. The molecule has 1 atom stereocenters. The van der Waals surface area contributed by atoms with Crippen molar-refractivity contribution in [3.05, 3.63) is 33.2 Å². The molecule has 0 aliphatic carbocycles. The number of pyridine rings is 1. The van der Waals surface area contributed by atoms with Crippen molar-refractivity contribution >= 4 is 0 Å². The summed E-state index contributed by atoms with van der Waals surface area (Å²) in [6.45, 7) is 2.08. The van der Waals surface area contributed by atoms with Crippen LogP contribution in [0.15, 0.2) is 10.9 Å². The van der Waals surface area contributed by atoms with E-state index in [1.165, 1.54) is 6.07 Å². The van der Waals surface area contributed by atoms with Gasteiger partial charge in [0.05, 0.1) is 17.9 Å². The summed E-state index contributed by atoms with van der Waals surface area (Å²) in [5, 5.41) is 9.21. The second kappa shape index (κ2) is 2.43. The molecule has 4 nitrogen and oxygen atoms in total. The SMILES string of the molecule is Cc1cc(=O)c2c([nH]1)COC2O. The van der Waals surface area contributed by atoms with E-state index in [0.29, 0.717) is 11.3 Å². The van der Waals surface area contributed by atoms with Gasteiger partial charge in [-0.05, 0) is 6.92 Å². The molecule has 0 saturated heterocycles. The molecule has 0 bridgehead atoms. The van der Waals surface area contributed by atoms with E-state index in [0.717, 1.165) is 5.69 Å². The van der Waals surface area contributed by atoms with Crippen LogP contribution in [-0.4, -0.2) is 10.1 Å². The van der Waals surface area contributed by atoms with Gasteiger partial charge in [0, 0.05) is 11.8 Å². The third-order valence-corrected chi connectivity index (χ3v) is 1.92. The maximum absolute atomic E-state index is 11.3. The molecule has 1 aromatic rings. The Balaban J connectivity index is 2.69. The van der Waals surface area contributed by atoms with Crippen LogP contribution in [-0.2, 0) is 11.3 Å². The predicted octanol–water partition coefficient (Wildman–Crippen LogP) is 0.204. The Bertz CT molecular complexity index is 369. The molecule has 0 saturated carbocycles. The molecule has 2 rings (SSSR count). The number of aromatic nitrogens is 1. The number of aliphatic hydroxyl groups is 1. The fourth-order valence-electron chi connectivity index (χ4n) is 1.39. The number of hydrogen-bond donors (Lipinski definition) is 2. The van der Waals surface area contributed by atoms with Gasteiger partial charge in [-0.2, -0.15) is 0 Å². The minimum atomic E-state index is -1.05. The molecule has 1 aliphatic rings. The molecule has 2 heterocycles. The number of ether oxygens (including phenoxy) is 1. The molecular formula is C8H9NO3. The molecule has 12 heavy (non-hydrogen) atoms. The maximum atomic E-state index is 11.3. The topological polar surface area (TPSA) is 62.3 Å². The van der Waals surface area contributed by atoms with Crippen molar-refractivity contribution in [2.45, 2.75) is 19.8 Å². The summed E-state index contributed by atoms with van der Waals surface area (Å²) in [6.07, 6.45) is -1.05. The largest absolute Gasteiger partial charge is 0.364 e. The number of nitrogens with one attached hydrogen (secondary N) is 1. The zero-order valence-electron chi connectivity index (χ0n) is 6.63. The molecule has 2 N–H and O–H groups in total. The molecule has 1 unspecified atom stereocenters. The summed E-state index contributed by atoms with van der Waals surface area (Å²) in [5.74, 6) is 0. The Morgan fingerprint density at radius 2 is 2.50 bits per heavy atom. The van der Waals surface area contributed by atoms with Crippen LogP contribution >= 0.6 is 0 Å². The van der Waals surface area contributed by atoms with Gasteiger partial charge in [0.2, 0.25) is 0 Å². The number of aromatic amines is 1. The van der Waals surface area contributed by atoms with E-state index >= 15 is 0 Å². The van der Waals surface area contributed by atoms with Gasteiger partial charge in [-0.25, -0.2) is 0 Å². The van der Waals surface area contributed by atoms with Crippen molar-refractivity contribution in [3.63, 3.8) is 0 Å². The molecular weight excluding hydrogens is 158 g/mol. The molecule has 0 fully saturated rings. The Kier molecular flexibility index (Phi) is 1.52. The lowest BCUT2D eigenvalue weighted by atomic mass is 10.2. The van der Waals surface area contributed by atoms with Crippen molar-refractivity contribution in [2.75, 3.05) is 0 Å². The van der Waals surface area contributed by atoms with E-state index in [2.05, 4.69) is 4.98 Å². The van der Waals surface area contributed by atoms with Gasteiger partial charge >= 0.3 is 0 Å². The average molecular weight is 167 g/mol. The lowest BCUT2D eigenvalue weighted by Gasteiger charge is -2.00. The molecule has 4 heteroatoms. The van der Waals surface area contributed by atoms with Gasteiger partial charge in [-0.1, -0.05) is 0 Å². The highest BCUT2D eigenvalue weighted by atomic mass is 16.6. The lowest BCUT2D eigenvalue weighted by Crippen LogP contribution is -2.12. The molecule has 1 aliphatic heterocycles.